The van der Waals surface area contributed by atoms with E-state index >= 15 is 0 Å². The lowest BCUT2D eigenvalue weighted by Crippen LogP contribution is -2.12. The van der Waals surface area contributed by atoms with Crippen LogP contribution in [0.2, 0.25) is 5.02 Å². The number of rotatable bonds is 5. The Morgan fingerprint density at radius 1 is 1.22 bits per heavy atom. The first-order valence-corrected chi connectivity index (χ1v) is 7.58. The van der Waals surface area contributed by atoms with Crippen molar-refractivity contribution < 1.29 is 4.79 Å². The van der Waals surface area contributed by atoms with Crippen LogP contribution in [0, 0.1) is 0 Å². The van der Waals surface area contributed by atoms with Crippen molar-refractivity contribution in [1.29, 1.82) is 0 Å². The fourth-order valence-corrected chi connectivity index (χ4v) is 2.38. The molecule has 2 aromatic heterocycles. The molecule has 0 aliphatic carbocycles. The van der Waals surface area contributed by atoms with Gasteiger partial charge in [-0.1, -0.05) is 17.7 Å². The molecule has 116 valence electrons. The Morgan fingerprint density at radius 3 is 2.83 bits per heavy atom. The van der Waals surface area contributed by atoms with E-state index in [0.29, 0.717) is 23.6 Å². The third-order valence-electron chi connectivity index (χ3n) is 3.32. The molecule has 0 atom stereocenters. The van der Waals surface area contributed by atoms with E-state index < -0.39 is 0 Å². The number of aromatic nitrogens is 3. The minimum absolute atomic E-state index is 0.0749. The summed E-state index contributed by atoms with van der Waals surface area (Å²) in [6.07, 6.45) is 6.11. The van der Waals surface area contributed by atoms with Gasteiger partial charge in [0.1, 0.15) is 5.82 Å². The van der Waals surface area contributed by atoms with Crippen LogP contribution in [0.15, 0.2) is 55.0 Å². The first-order valence-electron chi connectivity index (χ1n) is 7.20. The van der Waals surface area contributed by atoms with E-state index in [1.807, 2.05) is 12.1 Å². The minimum atomic E-state index is -0.0749. The molecule has 0 spiro atoms. The van der Waals surface area contributed by atoms with Crippen molar-refractivity contribution >= 4 is 23.2 Å². The van der Waals surface area contributed by atoms with E-state index in [0.717, 1.165) is 17.1 Å². The zero-order chi connectivity index (χ0) is 16.1. The summed E-state index contributed by atoms with van der Waals surface area (Å²) in [4.78, 5) is 23.5. The maximum Gasteiger partial charge on any atom is 0.224 e. The molecule has 2 heterocycles. The number of hydrogen-bond donors (Lipinski definition) is 2. The molecule has 3 aromatic rings. The fraction of sp³-hybridized carbons (Fsp3) is 0.118. The molecule has 0 unspecified atom stereocenters. The van der Waals surface area contributed by atoms with E-state index in [-0.39, 0.29) is 5.91 Å². The average Bonchev–Trinajstić information content (AvgIpc) is 3.03. The predicted octanol–water partition coefficient (Wildman–Crippen LogP) is 3.70. The second-order valence-corrected chi connectivity index (χ2v) is 5.47. The number of imidazole rings is 1. The molecule has 1 aromatic carbocycles. The first kappa shape index (κ1) is 15.2. The standard InChI is InChI=1S/C17H15ClN4O/c18-13-2-1-3-14(10-13)21-17(23)5-4-16-20-11-15(22-16)12-6-8-19-9-7-12/h1-3,6-11H,4-5H2,(H,20,22)(H,21,23). The molecule has 1 amide bonds. The molecular weight excluding hydrogens is 312 g/mol. The summed E-state index contributed by atoms with van der Waals surface area (Å²) in [7, 11) is 0. The Morgan fingerprint density at radius 2 is 2.04 bits per heavy atom. The molecule has 0 fully saturated rings. The molecule has 0 aliphatic heterocycles. The second kappa shape index (κ2) is 7.07. The highest BCUT2D eigenvalue weighted by atomic mass is 35.5. The van der Waals surface area contributed by atoms with Crippen LogP contribution in [0.4, 0.5) is 5.69 Å². The number of anilines is 1. The van der Waals surface area contributed by atoms with Gasteiger partial charge in [-0.2, -0.15) is 0 Å². The number of nitrogens with one attached hydrogen (secondary N) is 2. The van der Waals surface area contributed by atoms with Gasteiger partial charge < -0.3 is 10.3 Å². The molecular formula is C17H15ClN4O. The van der Waals surface area contributed by atoms with Gasteiger partial charge in [0.2, 0.25) is 5.91 Å². The normalized spacial score (nSPS) is 10.5. The van der Waals surface area contributed by atoms with Gasteiger partial charge in [-0.25, -0.2) is 4.98 Å². The summed E-state index contributed by atoms with van der Waals surface area (Å²) in [6, 6.07) is 10.9. The predicted molar refractivity (Wildman–Crippen MR) is 90.2 cm³/mol. The average molecular weight is 327 g/mol. The Bertz CT molecular complexity index is 801. The third kappa shape index (κ3) is 4.17. The van der Waals surface area contributed by atoms with Crippen molar-refractivity contribution in [1.82, 2.24) is 15.0 Å². The van der Waals surface area contributed by atoms with Crippen molar-refractivity contribution in [2.24, 2.45) is 0 Å². The molecule has 0 aliphatic rings. The van der Waals surface area contributed by atoms with Gasteiger partial charge in [-0.15, -0.1) is 0 Å². The second-order valence-electron chi connectivity index (χ2n) is 5.04. The van der Waals surface area contributed by atoms with Crippen molar-refractivity contribution in [3.05, 3.63) is 65.8 Å². The lowest BCUT2D eigenvalue weighted by molar-refractivity contribution is -0.116. The van der Waals surface area contributed by atoms with E-state index in [1.165, 1.54) is 0 Å². The lowest BCUT2D eigenvalue weighted by Gasteiger charge is -2.04. The monoisotopic (exact) mass is 326 g/mol. The maximum absolute atomic E-state index is 12.0. The van der Waals surface area contributed by atoms with Gasteiger partial charge >= 0.3 is 0 Å². The van der Waals surface area contributed by atoms with Crippen LogP contribution in [-0.4, -0.2) is 20.9 Å². The van der Waals surface area contributed by atoms with Crippen LogP contribution in [0.1, 0.15) is 12.2 Å². The van der Waals surface area contributed by atoms with Crippen LogP contribution in [0.25, 0.3) is 11.3 Å². The minimum Gasteiger partial charge on any atom is -0.342 e. The quantitative estimate of drug-likeness (QED) is 0.751. The number of carbonyl (C=O) groups excluding carboxylic acids is 1. The van der Waals surface area contributed by atoms with Gasteiger partial charge in [-0.05, 0) is 30.3 Å². The zero-order valence-corrected chi connectivity index (χ0v) is 13.0. The number of halogens is 1. The van der Waals surface area contributed by atoms with Crippen molar-refractivity contribution in [2.75, 3.05) is 5.32 Å². The summed E-state index contributed by atoms with van der Waals surface area (Å²) in [5.41, 5.74) is 2.62. The number of pyridine rings is 1. The Kier molecular flexibility index (Phi) is 4.68. The highest BCUT2D eigenvalue weighted by Gasteiger charge is 2.07. The van der Waals surface area contributed by atoms with E-state index in [9.17, 15) is 4.79 Å². The van der Waals surface area contributed by atoms with Crippen LogP contribution in [0.5, 0.6) is 0 Å². The molecule has 5 nitrogen and oxygen atoms in total. The summed E-state index contributed by atoms with van der Waals surface area (Å²) in [5, 5.41) is 3.41. The van der Waals surface area contributed by atoms with E-state index in [2.05, 4.69) is 20.3 Å². The molecule has 0 saturated carbocycles. The Labute approximate surface area is 138 Å². The summed E-state index contributed by atoms with van der Waals surface area (Å²) in [6.45, 7) is 0. The molecule has 3 rings (SSSR count). The molecule has 0 saturated heterocycles. The smallest absolute Gasteiger partial charge is 0.224 e. The number of hydrogen-bond acceptors (Lipinski definition) is 3. The van der Waals surface area contributed by atoms with Crippen molar-refractivity contribution in [2.45, 2.75) is 12.8 Å². The van der Waals surface area contributed by atoms with Gasteiger partial charge in [0.25, 0.3) is 0 Å². The number of aryl methyl sites for hydroxylation is 1. The van der Waals surface area contributed by atoms with Crippen LogP contribution in [0.3, 0.4) is 0 Å². The number of carbonyl (C=O) groups is 1. The van der Waals surface area contributed by atoms with Crippen LogP contribution >= 0.6 is 11.6 Å². The summed E-state index contributed by atoms with van der Waals surface area (Å²) < 4.78 is 0. The van der Waals surface area contributed by atoms with Crippen LogP contribution < -0.4 is 5.32 Å². The van der Waals surface area contributed by atoms with Crippen molar-refractivity contribution in [3.63, 3.8) is 0 Å². The molecule has 2 N–H and O–H groups in total. The number of benzene rings is 1. The van der Waals surface area contributed by atoms with E-state index in [1.54, 1.807) is 42.9 Å². The largest absolute Gasteiger partial charge is 0.342 e. The summed E-state index contributed by atoms with van der Waals surface area (Å²) in [5.74, 6) is 0.701. The molecule has 6 heteroatoms. The van der Waals surface area contributed by atoms with Gasteiger partial charge in [0.15, 0.2) is 0 Å². The Balaban J connectivity index is 1.56. The molecule has 0 radical (unpaired) electrons. The highest BCUT2D eigenvalue weighted by molar-refractivity contribution is 6.30. The van der Waals surface area contributed by atoms with Crippen LogP contribution in [-0.2, 0) is 11.2 Å². The van der Waals surface area contributed by atoms with Gasteiger partial charge in [0.05, 0.1) is 11.9 Å². The first-order chi connectivity index (χ1) is 11.2. The lowest BCUT2D eigenvalue weighted by atomic mass is 10.2. The number of H-pyrrole nitrogens is 1. The Hall–Kier alpha value is -2.66. The van der Waals surface area contributed by atoms with E-state index in [4.69, 9.17) is 11.6 Å². The number of amides is 1. The zero-order valence-electron chi connectivity index (χ0n) is 12.3. The maximum atomic E-state index is 12.0. The summed E-state index contributed by atoms with van der Waals surface area (Å²) >= 11 is 5.89. The molecule has 0 bridgehead atoms. The van der Waals surface area contributed by atoms with Crippen molar-refractivity contribution in [3.8, 4) is 11.3 Å². The van der Waals surface area contributed by atoms with Gasteiger partial charge in [-0.3, -0.25) is 9.78 Å². The number of aromatic amines is 1. The van der Waals surface area contributed by atoms with Gasteiger partial charge in [0, 0.05) is 41.5 Å². The highest BCUT2D eigenvalue weighted by Crippen LogP contribution is 2.17. The molecule has 23 heavy (non-hydrogen) atoms. The number of nitrogens with zero attached hydrogens (tertiary/aromatic N) is 2. The fourth-order valence-electron chi connectivity index (χ4n) is 2.19. The topological polar surface area (TPSA) is 70.7 Å². The SMILES string of the molecule is O=C(CCc1ncc(-c2ccncc2)[nH]1)Nc1cccc(Cl)c1. The third-order valence-corrected chi connectivity index (χ3v) is 3.55.